The number of hydroxylamine groups is 2. The molecule has 5 unspecified atom stereocenters. The van der Waals surface area contributed by atoms with Crippen LogP contribution in [0, 0.1) is 17.2 Å². The number of nitrogens with one attached hydrogen (secondary N) is 1. The molecule has 276 valence electrons. The zero-order valence-electron chi connectivity index (χ0n) is 27.5. The molecule has 20 heteroatoms. The number of amides is 2. The van der Waals surface area contributed by atoms with E-state index in [1.165, 1.54) is 13.1 Å². The first kappa shape index (κ1) is 40.9. The first-order valence-electron chi connectivity index (χ1n) is 16.2. The first-order valence-corrected chi connectivity index (χ1v) is 18.4. The van der Waals surface area contributed by atoms with Crippen molar-refractivity contribution in [3.05, 3.63) is 31.5 Å². The second-order valence-corrected chi connectivity index (χ2v) is 14.0. The maximum Gasteiger partial charge on any atom is 0.474 e. The molecule has 1 N–H and O–H groups in total. The van der Waals surface area contributed by atoms with Crippen molar-refractivity contribution in [3.8, 4) is 6.07 Å². The van der Waals surface area contributed by atoms with Crippen LogP contribution in [0.15, 0.2) is 20.3 Å². The molecule has 1 aromatic rings. The van der Waals surface area contributed by atoms with Crippen LogP contribution in [-0.2, 0) is 56.4 Å². The molecule has 0 saturated carbocycles. The van der Waals surface area contributed by atoms with Gasteiger partial charge in [0.25, 0.3) is 17.4 Å². The monoisotopic (exact) mass is 790 g/mol. The van der Waals surface area contributed by atoms with E-state index in [0.29, 0.717) is 30.6 Å². The number of carbonyl (C=O) groups excluding carboxylic acids is 5. The van der Waals surface area contributed by atoms with E-state index in [-0.39, 0.29) is 49.8 Å². The molecular weight excluding hydrogens is 751 g/mol. The van der Waals surface area contributed by atoms with Crippen LogP contribution in [0.1, 0.15) is 90.2 Å². The predicted octanol–water partition coefficient (Wildman–Crippen LogP) is 3.13. The van der Waals surface area contributed by atoms with Gasteiger partial charge in [-0.05, 0) is 35.7 Å². The normalized spacial score (nSPS) is 20.7. The zero-order chi connectivity index (χ0) is 36.7. The SMILES string of the molecule is CC(C=O)C(=O)OC1CC(n2cc(Br)c(=O)[nH]c2=O)OC1COP(=O)(OCCC#N)OCCCCCCCCCC(=O)ON1C(=O)CCC1=O. The second kappa shape index (κ2) is 20.4. The van der Waals surface area contributed by atoms with Gasteiger partial charge in [0, 0.05) is 31.9 Å². The lowest BCUT2D eigenvalue weighted by Crippen LogP contribution is -2.33. The van der Waals surface area contributed by atoms with E-state index >= 15 is 0 Å². The summed E-state index contributed by atoms with van der Waals surface area (Å²) >= 11 is 3.05. The molecule has 18 nitrogen and oxygen atoms in total. The highest BCUT2D eigenvalue weighted by Crippen LogP contribution is 2.50. The summed E-state index contributed by atoms with van der Waals surface area (Å²) < 4.78 is 42.3. The van der Waals surface area contributed by atoms with Crippen molar-refractivity contribution in [2.75, 3.05) is 19.8 Å². The van der Waals surface area contributed by atoms with Crippen LogP contribution in [0.5, 0.6) is 0 Å². The quantitative estimate of drug-likeness (QED) is 0.0443. The minimum atomic E-state index is -4.24. The van der Waals surface area contributed by atoms with E-state index in [9.17, 15) is 38.1 Å². The number of nitriles is 1. The number of halogens is 1. The number of nitrogens with zero attached hydrogens (tertiary/aromatic N) is 3. The van der Waals surface area contributed by atoms with E-state index in [4.69, 9.17) is 33.1 Å². The summed E-state index contributed by atoms with van der Waals surface area (Å²) in [6.45, 7) is 0.600. The van der Waals surface area contributed by atoms with Gasteiger partial charge < -0.3 is 19.1 Å². The molecule has 2 amide bonds. The molecule has 1 aromatic heterocycles. The number of H-pyrrole nitrogens is 1. The van der Waals surface area contributed by atoms with Gasteiger partial charge in [-0.15, -0.1) is 5.06 Å². The number of phosphoric ester groups is 1. The number of carbonyl (C=O) groups is 5. The van der Waals surface area contributed by atoms with Crippen LogP contribution >= 0.6 is 23.8 Å². The largest absolute Gasteiger partial charge is 0.474 e. The highest BCUT2D eigenvalue weighted by Gasteiger charge is 2.42. The van der Waals surface area contributed by atoms with Gasteiger partial charge in [0.05, 0.1) is 36.8 Å². The van der Waals surface area contributed by atoms with Crippen LogP contribution < -0.4 is 11.2 Å². The van der Waals surface area contributed by atoms with E-state index in [1.807, 2.05) is 6.07 Å². The van der Waals surface area contributed by atoms with Crippen LogP contribution in [-0.4, -0.2) is 76.7 Å². The van der Waals surface area contributed by atoms with Crippen LogP contribution in [0.4, 0.5) is 0 Å². The fourth-order valence-electron chi connectivity index (χ4n) is 4.85. The highest BCUT2D eigenvalue weighted by molar-refractivity contribution is 9.10. The van der Waals surface area contributed by atoms with Crippen molar-refractivity contribution in [1.29, 1.82) is 5.26 Å². The highest BCUT2D eigenvalue weighted by atomic mass is 79.9. The van der Waals surface area contributed by atoms with Crippen molar-refractivity contribution in [3.63, 3.8) is 0 Å². The minimum absolute atomic E-state index is 0.00613. The van der Waals surface area contributed by atoms with E-state index in [1.54, 1.807) is 0 Å². The third-order valence-electron chi connectivity index (χ3n) is 7.59. The number of phosphoric acid groups is 1. The molecule has 2 fully saturated rings. The molecule has 0 bridgehead atoms. The average molecular weight is 792 g/mol. The third kappa shape index (κ3) is 12.7. The maximum absolute atomic E-state index is 13.5. The predicted molar refractivity (Wildman–Crippen MR) is 172 cm³/mol. The molecule has 2 saturated heterocycles. The molecule has 0 aromatic carbocycles. The van der Waals surface area contributed by atoms with E-state index < -0.39 is 73.8 Å². The summed E-state index contributed by atoms with van der Waals surface area (Å²) in [5.41, 5.74) is -1.45. The zero-order valence-corrected chi connectivity index (χ0v) is 29.9. The molecule has 2 aliphatic heterocycles. The van der Waals surface area contributed by atoms with E-state index in [2.05, 4.69) is 20.9 Å². The lowest BCUT2D eigenvalue weighted by molar-refractivity contribution is -0.197. The Morgan fingerprint density at radius 2 is 1.70 bits per heavy atom. The van der Waals surface area contributed by atoms with Gasteiger partial charge in [0.1, 0.15) is 30.6 Å². The van der Waals surface area contributed by atoms with Gasteiger partial charge in [0.2, 0.25) is 0 Å². The van der Waals surface area contributed by atoms with Crippen molar-refractivity contribution < 1.29 is 56.4 Å². The number of hydrogen-bond acceptors (Lipinski definition) is 15. The fourth-order valence-corrected chi connectivity index (χ4v) is 6.39. The number of aromatic amines is 1. The number of hydrogen-bond donors (Lipinski definition) is 1. The van der Waals surface area contributed by atoms with Gasteiger partial charge >= 0.3 is 25.5 Å². The van der Waals surface area contributed by atoms with E-state index in [0.717, 1.165) is 30.3 Å². The Hall–Kier alpha value is -3.53. The molecule has 3 rings (SSSR count). The Labute approximate surface area is 295 Å². The summed E-state index contributed by atoms with van der Waals surface area (Å²) in [7, 11) is -4.24. The Bertz CT molecular complexity index is 1560. The second-order valence-electron chi connectivity index (χ2n) is 11.5. The van der Waals surface area contributed by atoms with Crippen molar-refractivity contribution in [2.45, 2.75) is 102 Å². The van der Waals surface area contributed by atoms with Gasteiger partial charge in [0.15, 0.2) is 0 Å². The average Bonchev–Trinajstić information content (AvgIpc) is 3.63. The van der Waals surface area contributed by atoms with Crippen molar-refractivity contribution >= 4 is 53.8 Å². The number of ether oxygens (including phenoxy) is 2. The smallest absolute Gasteiger partial charge is 0.459 e. The number of unbranched alkanes of at least 4 members (excludes halogenated alkanes) is 6. The Kier molecular flexibility index (Phi) is 16.6. The van der Waals surface area contributed by atoms with Gasteiger partial charge in [-0.25, -0.2) is 14.2 Å². The third-order valence-corrected chi connectivity index (χ3v) is 9.62. The summed E-state index contributed by atoms with van der Waals surface area (Å²) in [5, 5.41) is 9.44. The Morgan fingerprint density at radius 1 is 1.06 bits per heavy atom. The number of aromatic nitrogens is 2. The number of rotatable bonds is 22. The first-order chi connectivity index (χ1) is 23.9. The maximum atomic E-state index is 13.5. The van der Waals surface area contributed by atoms with Crippen LogP contribution in [0.3, 0.4) is 0 Å². The molecule has 0 aliphatic carbocycles. The van der Waals surface area contributed by atoms with Gasteiger partial charge in [-0.2, -0.15) is 5.26 Å². The molecule has 50 heavy (non-hydrogen) atoms. The molecule has 0 radical (unpaired) electrons. The standard InChI is InChI=1S/C30H40BrN4O14P/c1-20(18-36)29(41)48-22-16-26(34-17-21(31)28(40)33-30(34)42)47-23(22)19-46-50(43,45-15-9-13-32)44-14-8-6-4-2-3-5-7-10-27(39)49-35-24(37)11-12-25(35)38/h17-18,20,22-23,26H,2-12,14-16,19H2,1H3,(H,33,40,42). The summed E-state index contributed by atoms with van der Waals surface area (Å²) in [5.74, 6) is -3.61. The molecular formula is C30H40BrN4O14P. The molecule has 3 heterocycles. The topological polar surface area (TPSA) is 240 Å². The Morgan fingerprint density at radius 3 is 2.36 bits per heavy atom. The number of esters is 1. The molecule has 0 spiro atoms. The van der Waals surface area contributed by atoms with Gasteiger partial charge in [-0.1, -0.05) is 32.1 Å². The fraction of sp³-hybridized carbons (Fsp3) is 0.667. The summed E-state index contributed by atoms with van der Waals surface area (Å²) in [6, 6.07) is 1.87. The number of aldehydes is 1. The Balaban J connectivity index is 1.46. The van der Waals surface area contributed by atoms with Gasteiger partial charge in [-0.3, -0.25) is 42.3 Å². The van der Waals surface area contributed by atoms with Crippen molar-refractivity contribution in [2.24, 2.45) is 5.92 Å². The van der Waals surface area contributed by atoms with Crippen molar-refractivity contribution in [1.82, 2.24) is 14.6 Å². The lowest BCUT2D eigenvalue weighted by atomic mass is 10.1. The summed E-state index contributed by atoms with van der Waals surface area (Å²) in [4.78, 5) is 89.7. The molecule has 2 aliphatic rings. The number of imide groups is 1. The van der Waals surface area contributed by atoms with Crippen LogP contribution in [0.2, 0.25) is 0 Å². The summed E-state index contributed by atoms with van der Waals surface area (Å²) in [6.07, 6.45) is 3.41. The lowest BCUT2D eigenvalue weighted by Gasteiger charge is -2.23. The molecule has 5 atom stereocenters. The minimum Gasteiger partial charge on any atom is -0.459 e. The van der Waals surface area contributed by atoms with Crippen LogP contribution in [0.25, 0.3) is 0 Å².